The lowest BCUT2D eigenvalue weighted by Crippen LogP contribution is -2.38. The Kier molecular flexibility index (Phi) is 5.24. The summed E-state index contributed by atoms with van der Waals surface area (Å²) in [7, 11) is 0. The molecule has 2 amide bonds. The number of aliphatic hydroxyl groups excluding tert-OH is 2. The van der Waals surface area contributed by atoms with E-state index in [0.29, 0.717) is 5.69 Å². The van der Waals surface area contributed by atoms with Crippen molar-refractivity contribution in [2.45, 2.75) is 0 Å². The average Bonchev–Trinajstić information content (AvgIpc) is 2.30. The second-order valence-electron chi connectivity index (χ2n) is 3.10. The summed E-state index contributed by atoms with van der Waals surface area (Å²) < 4.78 is 0. The molecule has 0 atom stereocenters. The third kappa shape index (κ3) is 3.84. The van der Waals surface area contributed by atoms with Crippen molar-refractivity contribution in [3.05, 3.63) is 24.5 Å². The molecule has 1 aromatic heterocycles. The molecule has 6 nitrogen and oxygen atoms in total. The maximum absolute atomic E-state index is 11.7. The fourth-order valence-corrected chi connectivity index (χ4v) is 1.19. The molecule has 1 aromatic rings. The van der Waals surface area contributed by atoms with Crippen molar-refractivity contribution >= 4 is 11.7 Å². The van der Waals surface area contributed by atoms with Crippen molar-refractivity contribution in [3.8, 4) is 0 Å². The van der Waals surface area contributed by atoms with Crippen LogP contribution in [0.25, 0.3) is 0 Å². The monoisotopic (exact) mass is 225 g/mol. The summed E-state index contributed by atoms with van der Waals surface area (Å²) >= 11 is 0. The molecule has 0 saturated heterocycles. The number of rotatable bonds is 5. The third-order valence-corrected chi connectivity index (χ3v) is 1.96. The normalized spacial score (nSPS) is 9.88. The predicted octanol–water partition coefficient (Wildman–Crippen LogP) is -0.0999. The number of carbonyl (C=O) groups excluding carboxylic acids is 1. The molecule has 6 heteroatoms. The Morgan fingerprint density at radius 2 is 1.81 bits per heavy atom. The van der Waals surface area contributed by atoms with Crippen LogP contribution < -0.4 is 5.32 Å². The summed E-state index contributed by atoms with van der Waals surface area (Å²) in [6.45, 7) is 0.114. The van der Waals surface area contributed by atoms with Crippen LogP contribution >= 0.6 is 0 Å². The largest absolute Gasteiger partial charge is 0.395 e. The number of hydrogen-bond donors (Lipinski definition) is 3. The minimum atomic E-state index is -0.352. The van der Waals surface area contributed by atoms with Crippen molar-refractivity contribution < 1.29 is 15.0 Å². The van der Waals surface area contributed by atoms with E-state index in [1.165, 1.54) is 4.90 Å². The average molecular weight is 225 g/mol. The fourth-order valence-electron chi connectivity index (χ4n) is 1.19. The SMILES string of the molecule is O=C(Nc1ccncc1)N(CCO)CCO. The second-order valence-corrected chi connectivity index (χ2v) is 3.10. The van der Waals surface area contributed by atoms with Gasteiger partial charge in [-0.05, 0) is 12.1 Å². The van der Waals surface area contributed by atoms with E-state index in [0.717, 1.165) is 0 Å². The Balaban J connectivity index is 2.55. The summed E-state index contributed by atoms with van der Waals surface area (Å²) in [4.78, 5) is 16.8. The molecule has 88 valence electrons. The lowest BCUT2D eigenvalue weighted by atomic mass is 10.4. The molecule has 1 rings (SSSR count). The van der Waals surface area contributed by atoms with Crippen LogP contribution in [0.1, 0.15) is 0 Å². The number of nitrogens with one attached hydrogen (secondary N) is 1. The van der Waals surface area contributed by atoms with Gasteiger partial charge in [0.1, 0.15) is 0 Å². The minimum Gasteiger partial charge on any atom is -0.395 e. The van der Waals surface area contributed by atoms with Crippen LogP contribution in [0, 0.1) is 0 Å². The van der Waals surface area contributed by atoms with Crippen LogP contribution in [-0.4, -0.2) is 52.4 Å². The zero-order chi connectivity index (χ0) is 11.8. The molecule has 0 spiro atoms. The molecular weight excluding hydrogens is 210 g/mol. The van der Waals surface area contributed by atoms with Crippen LogP contribution in [0.15, 0.2) is 24.5 Å². The van der Waals surface area contributed by atoms with E-state index in [1.54, 1.807) is 24.5 Å². The Morgan fingerprint density at radius 1 is 1.25 bits per heavy atom. The number of pyridine rings is 1. The van der Waals surface area contributed by atoms with Crippen molar-refractivity contribution in [1.29, 1.82) is 0 Å². The van der Waals surface area contributed by atoms with Crippen LogP contribution in [0.2, 0.25) is 0 Å². The number of hydrogen-bond acceptors (Lipinski definition) is 4. The Hall–Kier alpha value is -1.66. The van der Waals surface area contributed by atoms with Crippen molar-refractivity contribution in [2.75, 3.05) is 31.6 Å². The highest BCUT2D eigenvalue weighted by Crippen LogP contribution is 2.04. The molecule has 0 aliphatic heterocycles. The summed E-state index contributed by atoms with van der Waals surface area (Å²) in [6.07, 6.45) is 3.13. The van der Waals surface area contributed by atoms with Crippen LogP contribution in [0.3, 0.4) is 0 Å². The Labute approximate surface area is 93.5 Å². The number of urea groups is 1. The van der Waals surface area contributed by atoms with Crippen LogP contribution in [0.5, 0.6) is 0 Å². The Morgan fingerprint density at radius 3 is 2.31 bits per heavy atom. The molecule has 0 aromatic carbocycles. The van der Waals surface area contributed by atoms with Crippen LogP contribution in [0.4, 0.5) is 10.5 Å². The van der Waals surface area contributed by atoms with E-state index >= 15 is 0 Å². The van der Waals surface area contributed by atoms with Gasteiger partial charge in [-0.15, -0.1) is 0 Å². The first-order valence-corrected chi connectivity index (χ1v) is 4.95. The highest BCUT2D eigenvalue weighted by atomic mass is 16.3. The lowest BCUT2D eigenvalue weighted by molar-refractivity contribution is 0.167. The van der Waals surface area contributed by atoms with E-state index in [9.17, 15) is 4.79 Å². The maximum Gasteiger partial charge on any atom is 0.322 e. The topological polar surface area (TPSA) is 85.7 Å². The molecule has 1 heterocycles. The third-order valence-electron chi connectivity index (χ3n) is 1.96. The van der Waals surface area contributed by atoms with Gasteiger partial charge in [-0.3, -0.25) is 4.98 Å². The van der Waals surface area contributed by atoms with Gasteiger partial charge in [0.15, 0.2) is 0 Å². The highest BCUT2D eigenvalue weighted by molar-refractivity contribution is 5.89. The summed E-state index contributed by atoms with van der Waals surface area (Å²) in [5, 5.41) is 20.2. The van der Waals surface area contributed by atoms with Gasteiger partial charge in [-0.25, -0.2) is 4.79 Å². The number of amides is 2. The molecule has 0 radical (unpaired) electrons. The van der Waals surface area contributed by atoms with Gasteiger partial charge in [0.2, 0.25) is 0 Å². The predicted molar refractivity (Wildman–Crippen MR) is 59.0 cm³/mol. The molecule has 16 heavy (non-hydrogen) atoms. The molecule has 0 unspecified atom stereocenters. The van der Waals surface area contributed by atoms with E-state index in [2.05, 4.69) is 10.3 Å². The van der Waals surface area contributed by atoms with Crippen molar-refractivity contribution in [1.82, 2.24) is 9.88 Å². The van der Waals surface area contributed by atoms with E-state index < -0.39 is 0 Å². The second kappa shape index (κ2) is 6.76. The van der Waals surface area contributed by atoms with Gasteiger partial charge in [0.25, 0.3) is 0 Å². The molecule has 0 aliphatic carbocycles. The standard InChI is InChI=1S/C10H15N3O3/c14-7-5-13(6-8-15)10(16)12-9-1-3-11-4-2-9/h1-4,14-15H,5-8H2,(H,11,12,16). The fraction of sp³-hybridized carbons (Fsp3) is 0.400. The number of aliphatic hydroxyl groups is 2. The maximum atomic E-state index is 11.7. The van der Waals surface area contributed by atoms with E-state index in [4.69, 9.17) is 10.2 Å². The zero-order valence-corrected chi connectivity index (χ0v) is 8.83. The summed E-state index contributed by atoms with van der Waals surface area (Å²) in [6, 6.07) is 2.97. The molecular formula is C10H15N3O3. The first kappa shape index (κ1) is 12.4. The smallest absolute Gasteiger partial charge is 0.322 e. The Bertz CT molecular complexity index is 312. The molecule has 0 aliphatic rings. The van der Waals surface area contributed by atoms with E-state index in [1.807, 2.05) is 0 Å². The molecule has 3 N–H and O–H groups in total. The summed E-state index contributed by atoms with van der Waals surface area (Å²) in [5.74, 6) is 0. The minimum absolute atomic E-state index is 0.135. The first-order chi connectivity index (χ1) is 7.77. The number of anilines is 1. The van der Waals surface area contributed by atoms with Gasteiger partial charge >= 0.3 is 6.03 Å². The zero-order valence-electron chi connectivity index (χ0n) is 8.83. The van der Waals surface area contributed by atoms with Gasteiger partial charge in [-0.2, -0.15) is 0 Å². The van der Waals surface area contributed by atoms with Gasteiger partial charge in [0.05, 0.1) is 13.2 Å². The van der Waals surface area contributed by atoms with Crippen molar-refractivity contribution in [3.63, 3.8) is 0 Å². The number of carbonyl (C=O) groups is 1. The van der Waals surface area contributed by atoms with E-state index in [-0.39, 0.29) is 32.3 Å². The van der Waals surface area contributed by atoms with Crippen LogP contribution in [-0.2, 0) is 0 Å². The quantitative estimate of drug-likeness (QED) is 0.653. The molecule has 0 fully saturated rings. The number of nitrogens with zero attached hydrogens (tertiary/aromatic N) is 2. The molecule has 0 bridgehead atoms. The highest BCUT2D eigenvalue weighted by Gasteiger charge is 2.11. The van der Waals surface area contributed by atoms with Gasteiger partial charge in [0, 0.05) is 31.2 Å². The van der Waals surface area contributed by atoms with Gasteiger partial charge in [-0.1, -0.05) is 0 Å². The molecule has 0 saturated carbocycles. The first-order valence-electron chi connectivity index (χ1n) is 4.95. The van der Waals surface area contributed by atoms with Crippen molar-refractivity contribution in [2.24, 2.45) is 0 Å². The summed E-state index contributed by atoms with van der Waals surface area (Å²) in [5.41, 5.74) is 0.626. The number of aromatic nitrogens is 1. The lowest BCUT2D eigenvalue weighted by Gasteiger charge is -2.20. The van der Waals surface area contributed by atoms with Gasteiger partial charge < -0.3 is 20.4 Å².